The van der Waals surface area contributed by atoms with Crippen molar-refractivity contribution in [3.05, 3.63) is 70.8 Å². The van der Waals surface area contributed by atoms with E-state index in [1.54, 1.807) is 31.8 Å². The Morgan fingerprint density at radius 2 is 1.52 bits per heavy atom. The molecule has 0 aromatic heterocycles. The minimum Gasteiger partial charge on any atom is -0.506 e. The molecule has 0 spiro atoms. The lowest BCUT2D eigenvalue weighted by Gasteiger charge is -2.21. The van der Waals surface area contributed by atoms with Crippen molar-refractivity contribution in [1.82, 2.24) is 0 Å². The van der Waals surface area contributed by atoms with Gasteiger partial charge in [-0.3, -0.25) is 9.59 Å². The summed E-state index contributed by atoms with van der Waals surface area (Å²) in [5.74, 6) is -1.54. The first-order chi connectivity index (χ1) is 12.4. The van der Waals surface area contributed by atoms with Crippen molar-refractivity contribution in [2.45, 2.75) is 19.6 Å². The van der Waals surface area contributed by atoms with Crippen LogP contribution in [0.15, 0.2) is 43.0 Å². The lowest BCUT2D eigenvalue weighted by Crippen LogP contribution is -2.29. The molecule has 0 radical (unpaired) electrons. The number of phenolic OH excluding ortho intramolecular Hbond substituents is 1. The van der Waals surface area contributed by atoms with E-state index in [0.717, 1.165) is 0 Å². The second kappa shape index (κ2) is 6.26. The second-order valence-corrected chi connectivity index (χ2v) is 13.5. The SMILES string of the molecule is C=C(c1ccc2c(c1O)C(=O)c1ccccc1C2=O)S(=O)(=O)O[Si](C)(C)C. The van der Waals surface area contributed by atoms with E-state index in [4.69, 9.17) is 3.87 Å². The maximum Gasteiger partial charge on any atom is 0.287 e. The molecule has 2 aromatic carbocycles. The van der Waals surface area contributed by atoms with Gasteiger partial charge in [-0.25, -0.2) is 0 Å². The first-order valence-corrected chi connectivity index (χ1v) is 12.9. The Morgan fingerprint density at radius 3 is 2.07 bits per heavy atom. The molecule has 1 N–H and O–H groups in total. The van der Waals surface area contributed by atoms with E-state index in [1.165, 1.54) is 24.3 Å². The minimum absolute atomic E-state index is 0.0243. The third-order valence-electron chi connectivity index (χ3n) is 4.03. The Labute approximate surface area is 158 Å². The highest BCUT2D eigenvalue weighted by Gasteiger charge is 2.35. The summed E-state index contributed by atoms with van der Waals surface area (Å²) in [5, 5.41) is 10.6. The van der Waals surface area contributed by atoms with E-state index >= 15 is 0 Å². The fraction of sp³-hybridized carbons (Fsp3) is 0.158. The Bertz CT molecular complexity index is 1110. The van der Waals surface area contributed by atoms with Crippen LogP contribution in [-0.2, 0) is 14.0 Å². The summed E-state index contributed by atoms with van der Waals surface area (Å²) >= 11 is 0. The predicted molar refractivity (Wildman–Crippen MR) is 104 cm³/mol. The number of aromatic hydroxyl groups is 1. The van der Waals surface area contributed by atoms with Crippen molar-refractivity contribution >= 4 is 34.9 Å². The quantitative estimate of drug-likeness (QED) is 0.672. The van der Waals surface area contributed by atoms with Crippen molar-refractivity contribution in [2.24, 2.45) is 0 Å². The zero-order valence-electron chi connectivity index (χ0n) is 15.1. The molecule has 6 nitrogen and oxygen atoms in total. The van der Waals surface area contributed by atoms with Gasteiger partial charge in [-0.05, 0) is 31.8 Å². The molecular formula is C19H18O6SSi. The molecule has 0 amide bonds. The fourth-order valence-electron chi connectivity index (χ4n) is 2.91. The van der Waals surface area contributed by atoms with Gasteiger partial charge in [-0.2, -0.15) is 8.42 Å². The highest BCUT2D eigenvalue weighted by molar-refractivity contribution is 7.97. The molecule has 1 aliphatic rings. The summed E-state index contributed by atoms with van der Waals surface area (Å²) in [6.07, 6.45) is 0. The highest BCUT2D eigenvalue weighted by Crippen LogP contribution is 2.39. The fourth-order valence-corrected chi connectivity index (χ4v) is 6.38. The van der Waals surface area contributed by atoms with Gasteiger partial charge in [0.1, 0.15) is 5.75 Å². The van der Waals surface area contributed by atoms with Gasteiger partial charge >= 0.3 is 0 Å². The number of fused-ring (bicyclic) bond motifs is 2. The van der Waals surface area contributed by atoms with Crippen LogP contribution in [0.25, 0.3) is 4.91 Å². The average Bonchev–Trinajstić information content (AvgIpc) is 2.57. The standard InChI is InChI=1S/C19H18O6SSi/c1-11(26(23,24)25-27(2,3)4)12-9-10-15-16(18(12)21)19(22)14-8-6-5-7-13(14)17(15)20/h5-10,21H,1H2,2-4H3. The van der Waals surface area contributed by atoms with Crippen LogP contribution < -0.4 is 0 Å². The molecule has 1 aliphatic carbocycles. The predicted octanol–water partition coefficient (Wildman–Crippen LogP) is 3.32. The van der Waals surface area contributed by atoms with Crippen LogP contribution in [0.5, 0.6) is 5.75 Å². The van der Waals surface area contributed by atoms with Crippen LogP contribution >= 0.6 is 0 Å². The van der Waals surface area contributed by atoms with Crippen molar-refractivity contribution < 1.29 is 27.0 Å². The maximum absolute atomic E-state index is 12.8. The van der Waals surface area contributed by atoms with Gasteiger partial charge in [-0.15, -0.1) is 0 Å². The first kappa shape index (κ1) is 19.2. The normalized spacial score (nSPS) is 13.9. The Morgan fingerprint density at radius 1 is 0.963 bits per heavy atom. The van der Waals surface area contributed by atoms with Gasteiger partial charge in [0.2, 0.25) is 8.32 Å². The lowest BCUT2D eigenvalue weighted by molar-refractivity contribution is 0.0976. The van der Waals surface area contributed by atoms with Gasteiger partial charge in [0.25, 0.3) is 10.1 Å². The van der Waals surface area contributed by atoms with Gasteiger partial charge in [-0.1, -0.05) is 30.8 Å². The van der Waals surface area contributed by atoms with Gasteiger partial charge in [0.15, 0.2) is 11.6 Å². The molecule has 3 rings (SSSR count). The number of phenols is 1. The smallest absolute Gasteiger partial charge is 0.287 e. The maximum atomic E-state index is 12.8. The van der Waals surface area contributed by atoms with Gasteiger partial charge < -0.3 is 8.98 Å². The molecule has 2 aromatic rings. The molecule has 8 heteroatoms. The van der Waals surface area contributed by atoms with E-state index in [-0.39, 0.29) is 27.8 Å². The zero-order chi connectivity index (χ0) is 20.1. The number of benzene rings is 2. The molecule has 0 unspecified atom stereocenters. The second-order valence-electron chi connectivity index (χ2n) is 7.16. The Hall–Kier alpha value is -2.55. The molecule has 0 saturated heterocycles. The van der Waals surface area contributed by atoms with E-state index in [0.29, 0.717) is 0 Å². The molecule has 0 heterocycles. The minimum atomic E-state index is -4.20. The molecular weight excluding hydrogens is 384 g/mol. The monoisotopic (exact) mass is 402 g/mol. The molecule has 0 bridgehead atoms. The molecule has 0 aliphatic heterocycles. The van der Waals surface area contributed by atoms with Crippen LogP contribution in [-0.4, -0.2) is 33.4 Å². The Kier molecular flexibility index (Phi) is 4.45. The van der Waals surface area contributed by atoms with Gasteiger partial charge in [0.05, 0.1) is 10.5 Å². The van der Waals surface area contributed by atoms with E-state index in [2.05, 4.69) is 6.58 Å². The summed E-state index contributed by atoms with van der Waals surface area (Å²) in [5.41, 5.74) is 0.0503. The Balaban J connectivity index is 2.15. The van der Waals surface area contributed by atoms with Crippen LogP contribution in [0.3, 0.4) is 0 Å². The summed E-state index contributed by atoms with van der Waals surface area (Å²) < 4.78 is 30.1. The molecule has 140 valence electrons. The number of rotatable bonds is 4. The summed E-state index contributed by atoms with van der Waals surface area (Å²) in [6, 6.07) is 8.88. The van der Waals surface area contributed by atoms with Crippen LogP contribution in [0.2, 0.25) is 19.6 Å². The molecule has 0 fully saturated rings. The number of hydrogen-bond donors (Lipinski definition) is 1. The summed E-state index contributed by atoms with van der Waals surface area (Å²) in [4.78, 5) is 25.0. The topological polar surface area (TPSA) is 97.7 Å². The van der Waals surface area contributed by atoms with E-state index in [1.807, 2.05) is 0 Å². The third kappa shape index (κ3) is 3.27. The van der Waals surface area contributed by atoms with Crippen LogP contribution in [0.1, 0.15) is 37.4 Å². The number of carbonyl (C=O) groups is 2. The highest BCUT2D eigenvalue weighted by atomic mass is 32.2. The van der Waals surface area contributed by atoms with Crippen LogP contribution in [0.4, 0.5) is 0 Å². The average molecular weight is 403 g/mol. The summed E-state index contributed by atoms with van der Waals surface area (Å²) in [6.45, 7) is 8.63. The van der Waals surface area contributed by atoms with Gasteiger partial charge in [0, 0.05) is 22.3 Å². The number of hydrogen-bond acceptors (Lipinski definition) is 6. The van der Waals surface area contributed by atoms with Crippen molar-refractivity contribution in [3.8, 4) is 5.75 Å². The van der Waals surface area contributed by atoms with E-state index < -0.39 is 40.7 Å². The summed E-state index contributed by atoms with van der Waals surface area (Å²) in [7, 11) is -6.66. The van der Waals surface area contributed by atoms with E-state index in [9.17, 15) is 23.1 Å². The first-order valence-electron chi connectivity index (χ1n) is 8.13. The largest absolute Gasteiger partial charge is 0.506 e. The zero-order valence-corrected chi connectivity index (χ0v) is 16.9. The van der Waals surface area contributed by atoms with Crippen molar-refractivity contribution in [2.75, 3.05) is 0 Å². The third-order valence-corrected chi connectivity index (χ3v) is 7.73. The van der Waals surface area contributed by atoms with Crippen molar-refractivity contribution in [3.63, 3.8) is 0 Å². The molecule has 0 atom stereocenters. The number of ketones is 2. The number of carbonyl (C=O) groups excluding carboxylic acids is 2. The van der Waals surface area contributed by atoms with Crippen LogP contribution in [0, 0.1) is 0 Å². The van der Waals surface area contributed by atoms with Crippen molar-refractivity contribution in [1.29, 1.82) is 0 Å². The lowest BCUT2D eigenvalue weighted by atomic mass is 9.82. The molecule has 0 saturated carbocycles. The molecule has 27 heavy (non-hydrogen) atoms.